The van der Waals surface area contributed by atoms with Gasteiger partial charge in [0.25, 0.3) is 0 Å². The van der Waals surface area contributed by atoms with E-state index in [1.54, 1.807) is 0 Å². The zero-order valence-corrected chi connectivity index (χ0v) is 24.4. The molecule has 0 saturated heterocycles. The van der Waals surface area contributed by atoms with Crippen LogP contribution in [-0.2, 0) is 11.2 Å². The van der Waals surface area contributed by atoms with Crippen molar-refractivity contribution in [2.45, 2.75) is 118 Å². The maximum absolute atomic E-state index is 12.4. The van der Waals surface area contributed by atoms with Gasteiger partial charge in [-0.15, -0.1) is 0 Å². The number of aliphatic hydroxyl groups is 2. The summed E-state index contributed by atoms with van der Waals surface area (Å²) in [4.78, 5) is 21.7. The Labute approximate surface area is 229 Å². The molecule has 1 aromatic heterocycles. The molecule has 3 N–H and O–H groups in total. The van der Waals surface area contributed by atoms with Crippen LogP contribution in [0.4, 0.5) is 0 Å². The van der Waals surface area contributed by atoms with Crippen LogP contribution < -0.4 is 0 Å². The monoisotopic (exact) mass is 526 g/mol. The largest absolute Gasteiger partial charge is 0.481 e. The maximum atomic E-state index is 12.4. The lowest BCUT2D eigenvalue weighted by molar-refractivity contribution is -0.175. The first-order chi connectivity index (χ1) is 17.9. The molecule has 11 unspecified atom stereocenters. The Morgan fingerprint density at radius 3 is 2.37 bits per heavy atom. The molecule has 0 bridgehead atoms. The Bertz CT molecular complexity index is 1060. The number of fused-ring (bicyclic) bond motifs is 5. The molecule has 11 atom stereocenters. The van der Waals surface area contributed by atoms with Crippen molar-refractivity contribution in [1.82, 2.24) is 9.97 Å². The number of hydrogen-bond donors (Lipinski definition) is 3. The van der Waals surface area contributed by atoms with Crippen LogP contribution >= 0.6 is 0 Å². The predicted molar refractivity (Wildman–Crippen MR) is 147 cm³/mol. The first-order valence-corrected chi connectivity index (χ1v) is 15.3. The number of aliphatic carboxylic acids is 1. The molecule has 0 spiro atoms. The van der Waals surface area contributed by atoms with Crippen molar-refractivity contribution in [3.05, 3.63) is 22.8 Å². The van der Waals surface area contributed by atoms with Gasteiger partial charge in [0.1, 0.15) is 0 Å². The molecule has 212 valence electrons. The molecule has 4 aliphatic carbocycles. The molecule has 0 radical (unpaired) electrons. The third kappa shape index (κ3) is 4.52. The number of aromatic nitrogens is 2. The summed E-state index contributed by atoms with van der Waals surface area (Å²) in [6, 6.07) is 0. The van der Waals surface area contributed by atoms with Crippen molar-refractivity contribution in [1.29, 1.82) is 0 Å². The van der Waals surface area contributed by atoms with Gasteiger partial charge in [-0.2, -0.15) is 0 Å². The lowest BCUT2D eigenvalue weighted by Crippen LogP contribution is -2.58. The van der Waals surface area contributed by atoms with Gasteiger partial charge in [0, 0.05) is 6.42 Å². The average molecular weight is 527 g/mol. The van der Waals surface area contributed by atoms with Crippen LogP contribution in [0.1, 0.15) is 101 Å². The number of carbonyl (C=O) groups is 1. The normalized spacial score (nSPS) is 42.1. The predicted octanol–water partition coefficient (Wildman–Crippen LogP) is 5.66. The second-order valence-corrected chi connectivity index (χ2v) is 14.3. The first kappa shape index (κ1) is 28.0. The molecule has 0 aromatic carbocycles. The summed E-state index contributed by atoms with van der Waals surface area (Å²) in [7, 11) is 0. The summed E-state index contributed by atoms with van der Waals surface area (Å²) in [6.07, 6.45) is 8.93. The Morgan fingerprint density at radius 2 is 1.66 bits per heavy atom. The minimum atomic E-state index is -0.758. The van der Waals surface area contributed by atoms with E-state index < -0.39 is 11.9 Å². The Morgan fingerprint density at radius 1 is 0.947 bits per heavy atom. The number of aryl methyl sites for hydroxylation is 3. The summed E-state index contributed by atoms with van der Waals surface area (Å²) >= 11 is 0. The van der Waals surface area contributed by atoms with Crippen LogP contribution in [0.3, 0.4) is 0 Å². The van der Waals surface area contributed by atoms with Crippen molar-refractivity contribution >= 4 is 5.97 Å². The third-order valence-corrected chi connectivity index (χ3v) is 12.5. The van der Waals surface area contributed by atoms with Crippen LogP contribution in [-0.4, -0.2) is 43.5 Å². The fraction of sp³-hybridized carbons (Fsp3) is 0.844. The van der Waals surface area contributed by atoms with E-state index in [1.807, 2.05) is 20.8 Å². The number of hydrogen-bond acceptors (Lipinski definition) is 5. The average Bonchev–Trinajstić information content (AvgIpc) is 3.22. The van der Waals surface area contributed by atoms with E-state index >= 15 is 0 Å². The lowest BCUT2D eigenvalue weighted by atomic mass is 9.43. The fourth-order valence-corrected chi connectivity index (χ4v) is 10.2. The summed E-state index contributed by atoms with van der Waals surface area (Å²) < 4.78 is 0. The van der Waals surface area contributed by atoms with Gasteiger partial charge in [-0.05, 0) is 125 Å². The highest BCUT2D eigenvalue weighted by atomic mass is 16.4. The molecular formula is C32H50N2O4. The van der Waals surface area contributed by atoms with Crippen LogP contribution in [0, 0.1) is 73.0 Å². The molecule has 6 heteroatoms. The second kappa shape index (κ2) is 10.1. The van der Waals surface area contributed by atoms with Crippen molar-refractivity contribution in [2.75, 3.05) is 0 Å². The summed E-state index contributed by atoms with van der Waals surface area (Å²) in [5.74, 6) is 1.54. The Balaban J connectivity index is 1.34. The summed E-state index contributed by atoms with van der Waals surface area (Å²) in [6.45, 7) is 12.8. The minimum absolute atomic E-state index is 0.152. The van der Waals surface area contributed by atoms with Gasteiger partial charge in [-0.3, -0.25) is 14.8 Å². The van der Waals surface area contributed by atoms with Gasteiger partial charge in [0.05, 0.1) is 40.9 Å². The lowest BCUT2D eigenvalue weighted by Gasteiger charge is -2.62. The smallest absolute Gasteiger partial charge is 0.306 e. The van der Waals surface area contributed by atoms with E-state index in [1.165, 1.54) is 12.8 Å². The van der Waals surface area contributed by atoms with E-state index in [0.29, 0.717) is 42.4 Å². The maximum Gasteiger partial charge on any atom is 0.306 e. The number of aliphatic hydroxyl groups excluding tert-OH is 2. The SMILES string of the molecule is Cc1nc(C)c(CC(CC(C)C2CCC3C4CCC5CC(O)CCC5(C)C4CC(O)C23C)C(=O)O)nc1C. The van der Waals surface area contributed by atoms with Crippen LogP contribution in [0.2, 0.25) is 0 Å². The molecule has 5 rings (SSSR count). The van der Waals surface area contributed by atoms with Gasteiger partial charge in [-0.1, -0.05) is 20.8 Å². The van der Waals surface area contributed by atoms with Gasteiger partial charge >= 0.3 is 5.97 Å². The quantitative estimate of drug-likeness (QED) is 0.442. The van der Waals surface area contributed by atoms with Gasteiger partial charge < -0.3 is 15.3 Å². The number of carboxylic acids is 1. The van der Waals surface area contributed by atoms with E-state index in [2.05, 4.69) is 25.8 Å². The number of rotatable bonds is 6. The van der Waals surface area contributed by atoms with E-state index in [-0.39, 0.29) is 29.0 Å². The van der Waals surface area contributed by atoms with Gasteiger partial charge in [0.15, 0.2) is 0 Å². The number of nitrogens with zero attached hydrogens (tertiary/aromatic N) is 2. The van der Waals surface area contributed by atoms with E-state index in [4.69, 9.17) is 4.98 Å². The standard InChI is InChI=1S/C32H50N2O4/c1-17(13-21(30(37)38)14-28-20(4)33-18(2)19(3)34-28)25-9-10-26-24-8-7-22-15-23(35)11-12-31(22,5)27(24)16-29(36)32(25,26)6/h17,21-27,29,35-36H,7-16H2,1-6H3,(H,37,38). The molecule has 4 aliphatic rings. The summed E-state index contributed by atoms with van der Waals surface area (Å²) in [5.41, 5.74) is 3.46. The molecule has 4 saturated carbocycles. The third-order valence-electron chi connectivity index (χ3n) is 12.5. The fourth-order valence-electron chi connectivity index (χ4n) is 10.2. The van der Waals surface area contributed by atoms with Gasteiger partial charge in [0.2, 0.25) is 0 Å². The molecule has 0 amide bonds. The molecule has 1 heterocycles. The highest BCUT2D eigenvalue weighted by Gasteiger charge is 2.63. The Hall–Kier alpha value is -1.53. The molecule has 38 heavy (non-hydrogen) atoms. The van der Waals surface area contributed by atoms with E-state index in [9.17, 15) is 20.1 Å². The van der Waals surface area contributed by atoms with Crippen molar-refractivity contribution < 1.29 is 20.1 Å². The number of carboxylic acid groups (broad SMARTS) is 1. The van der Waals surface area contributed by atoms with Crippen LogP contribution in [0.25, 0.3) is 0 Å². The van der Waals surface area contributed by atoms with E-state index in [0.717, 1.165) is 61.3 Å². The van der Waals surface area contributed by atoms with Crippen molar-refractivity contribution in [3.63, 3.8) is 0 Å². The van der Waals surface area contributed by atoms with Crippen LogP contribution in [0.5, 0.6) is 0 Å². The molecule has 1 aromatic rings. The van der Waals surface area contributed by atoms with Crippen LogP contribution in [0.15, 0.2) is 0 Å². The molecule has 6 nitrogen and oxygen atoms in total. The minimum Gasteiger partial charge on any atom is -0.481 e. The zero-order chi connectivity index (χ0) is 27.6. The highest BCUT2D eigenvalue weighted by molar-refractivity contribution is 5.70. The topological polar surface area (TPSA) is 104 Å². The second-order valence-electron chi connectivity index (χ2n) is 14.3. The first-order valence-electron chi connectivity index (χ1n) is 15.3. The highest BCUT2D eigenvalue weighted by Crippen LogP contribution is 2.68. The van der Waals surface area contributed by atoms with Crippen molar-refractivity contribution in [2.24, 2.45) is 52.3 Å². The molecule has 4 fully saturated rings. The summed E-state index contributed by atoms with van der Waals surface area (Å²) in [5, 5.41) is 32.4. The Kier molecular flexibility index (Phi) is 7.48. The molecule has 0 aliphatic heterocycles. The molecular weight excluding hydrogens is 476 g/mol. The van der Waals surface area contributed by atoms with Gasteiger partial charge in [-0.25, -0.2) is 0 Å². The van der Waals surface area contributed by atoms with Crippen molar-refractivity contribution in [3.8, 4) is 0 Å². The zero-order valence-electron chi connectivity index (χ0n) is 24.4.